The Morgan fingerprint density at radius 3 is 2.47 bits per heavy atom. The van der Waals surface area contributed by atoms with Gasteiger partial charge in [-0.15, -0.1) is 0 Å². The Kier molecular flexibility index (Phi) is 7.85. The van der Waals surface area contributed by atoms with Crippen molar-refractivity contribution in [1.82, 2.24) is 4.90 Å². The van der Waals surface area contributed by atoms with Gasteiger partial charge in [-0.3, -0.25) is 4.79 Å². The highest BCUT2D eigenvalue weighted by Crippen LogP contribution is 2.40. The number of nitrogens with zero attached hydrogens (tertiary/aromatic N) is 1. The topological polar surface area (TPSA) is 77.1 Å². The minimum Gasteiger partial charge on any atom is -0.490 e. The van der Waals surface area contributed by atoms with Gasteiger partial charge in [0.25, 0.3) is 0 Å². The fourth-order valence-corrected chi connectivity index (χ4v) is 4.04. The van der Waals surface area contributed by atoms with Crippen molar-refractivity contribution in [2.24, 2.45) is 0 Å². The largest absolute Gasteiger partial charge is 0.490 e. The molecule has 3 rings (SSSR count). The highest BCUT2D eigenvalue weighted by molar-refractivity contribution is 6.31. The molecule has 0 saturated carbocycles. The van der Waals surface area contributed by atoms with E-state index in [2.05, 4.69) is 5.32 Å². The van der Waals surface area contributed by atoms with Crippen molar-refractivity contribution in [3.63, 3.8) is 0 Å². The summed E-state index contributed by atoms with van der Waals surface area (Å²) in [5, 5.41) is 3.47. The predicted octanol–water partition coefficient (Wildman–Crippen LogP) is 5.14. The minimum absolute atomic E-state index is 0.0327. The zero-order valence-corrected chi connectivity index (χ0v) is 19.6. The Labute approximate surface area is 193 Å². The molecule has 0 radical (unpaired) electrons. The number of aryl methyl sites for hydroxylation is 1. The first-order valence-corrected chi connectivity index (χ1v) is 11.1. The Hall–Kier alpha value is -2.93. The number of carbonyl (C=O) groups is 2. The van der Waals surface area contributed by atoms with Gasteiger partial charge in [-0.2, -0.15) is 0 Å². The molecule has 0 spiro atoms. The van der Waals surface area contributed by atoms with E-state index in [-0.39, 0.29) is 12.5 Å². The van der Waals surface area contributed by atoms with E-state index in [0.29, 0.717) is 48.4 Å². The molecule has 2 amide bonds. The average Bonchev–Trinajstić information content (AvgIpc) is 2.77. The molecular weight excluding hydrogens is 432 g/mol. The number of urea groups is 1. The highest BCUT2D eigenvalue weighted by atomic mass is 35.5. The average molecular weight is 461 g/mol. The molecule has 0 aliphatic carbocycles. The zero-order valence-electron chi connectivity index (χ0n) is 18.9. The predicted molar refractivity (Wildman–Crippen MR) is 124 cm³/mol. The maximum absolute atomic E-state index is 13.3. The summed E-state index contributed by atoms with van der Waals surface area (Å²) in [4.78, 5) is 27.2. The van der Waals surface area contributed by atoms with Gasteiger partial charge >= 0.3 is 12.0 Å². The SMILES string of the molecule is CCOc1cc2c(cc1OCC)C(CC(=O)OC)N(C(=O)Nc1cc(Cl)ccc1C)CC2. The maximum atomic E-state index is 13.3. The summed E-state index contributed by atoms with van der Waals surface area (Å²) in [6.45, 7) is 7.14. The lowest BCUT2D eigenvalue weighted by atomic mass is 9.90. The van der Waals surface area contributed by atoms with Crippen LogP contribution in [-0.2, 0) is 16.0 Å². The zero-order chi connectivity index (χ0) is 23.3. The Bertz CT molecular complexity index is 995. The lowest BCUT2D eigenvalue weighted by Crippen LogP contribution is -2.43. The van der Waals surface area contributed by atoms with Crippen molar-refractivity contribution < 1.29 is 23.8 Å². The highest BCUT2D eigenvalue weighted by Gasteiger charge is 2.34. The molecule has 0 saturated heterocycles. The summed E-state index contributed by atoms with van der Waals surface area (Å²) in [5.41, 5.74) is 3.40. The molecule has 1 atom stereocenters. The number of hydrogen-bond donors (Lipinski definition) is 1. The lowest BCUT2D eigenvalue weighted by Gasteiger charge is -2.37. The van der Waals surface area contributed by atoms with Crippen LogP contribution < -0.4 is 14.8 Å². The molecular formula is C24H29ClN2O5. The third kappa shape index (κ3) is 5.27. The third-order valence-electron chi connectivity index (χ3n) is 5.45. The Morgan fingerprint density at radius 2 is 1.81 bits per heavy atom. The van der Waals surface area contributed by atoms with Gasteiger partial charge in [0.05, 0.1) is 32.8 Å². The van der Waals surface area contributed by atoms with Gasteiger partial charge in [0, 0.05) is 17.3 Å². The van der Waals surface area contributed by atoms with Crippen molar-refractivity contribution in [2.75, 3.05) is 32.2 Å². The molecule has 8 heteroatoms. The minimum atomic E-state index is -0.499. The van der Waals surface area contributed by atoms with Crippen LogP contribution in [0.3, 0.4) is 0 Å². The van der Waals surface area contributed by atoms with Crippen molar-refractivity contribution in [1.29, 1.82) is 0 Å². The Balaban J connectivity index is 1.97. The number of anilines is 1. The molecule has 1 N–H and O–H groups in total. The van der Waals surface area contributed by atoms with Gasteiger partial charge in [-0.05, 0) is 68.1 Å². The first-order chi connectivity index (χ1) is 15.4. The number of hydrogen-bond acceptors (Lipinski definition) is 5. The van der Waals surface area contributed by atoms with Gasteiger partial charge in [-0.1, -0.05) is 17.7 Å². The molecule has 32 heavy (non-hydrogen) atoms. The van der Waals surface area contributed by atoms with E-state index < -0.39 is 12.0 Å². The number of esters is 1. The van der Waals surface area contributed by atoms with Crippen LogP contribution in [0.4, 0.5) is 10.5 Å². The molecule has 2 aromatic rings. The molecule has 1 aliphatic rings. The van der Waals surface area contributed by atoms with E-state index in [4.69, 9.17) is 25.8 Å². The molecule has 0 aromatic heterocycles. The van der Waals surface area contributed by atoms with Crippen molar-refractivity contribution in [2.45, 2.75) is 39.7 Å². The number of carbonyl (C=O) groups excluding carboxylic acids is 2. The summed E-state index contributed by atoms with van der Waals surface area (Å²) in [7, 11) is 1.34. The Morgan fingerprint density at radius 1 is 1.12 bits per heavy atom. The van der Waals surface area contributed by atoms with Gasteiger partial charge in [0.1, 0.15) is 0 Å². The number of methoxy groups -OCH3 is 1. The monoisotopic (exact) mass is 460 g/mol. The van der Waals surface area contributed by atoms with Crippen LogP contribution in [-0.4, -0.2) is 43.8 Å². The molecule has 0 fully saturated rings. The van der Waals surface area contributed by atoms with E-state index in [9.17, 15) is 9.59 Å². The molecule has 1 heterocycles. The van der Waals surface area contributed by atoms with Gasteiger partial charge in [0.2, 0.25) is 0 Å². The third-order valence-corrected chi connectivity index (χ3v) is 5.69. The van der Waals surface area contributed by atoms with Crippen LogP contribution in [0.25, 0.3) is 0 Å². The van der Waals surface area contributed by atoms with Crippen LogP contribution in [0.5, 0.6) is 11.5 Å². The lowest BCUT2D eigenvalue weighted by molar-refractivity contribution is -0.141. The number of rotatable bonds is 7. The van der Waals surface area contributed by atoms with Gasteiger partial charge < -0.3 is 24.4 Å². The van der Waals surface area contributed by atoms with Crippen molar-refractivity contribution >= 4 is 29.3 Å². The second-order valence-electron chi connectivity index (χ2n) is 7.49. The fraction of sp³-hybridized carbons (Fsp3) is 0.417. The van der Waals surface area contributed by atoms with Gasteiger partial charge in [-0.25, -0.2) is 4.79 Å². The molecule has 0 bridgehead atoms. The van der Waals surface area contributed by atoms with E-state index in [1.807, 2.05) is 39.0 Å². The van der Waals surface area contributed by atoms with Crippen LogP contribution in [0.2, 0.25) is 5.02 Å². The number of ether oxygens (including phenoxy) is 3. The molecule has 2 aromatic carbocycles. The summed E-state index contributed by atoms with van der Waals surface area (Å²) < 4.78 is 16.4. The summed E-state index contributed by atoms with van der Waals surface area (Å²) in [6.07, 6.45) is 0.659. The van der Waals surface area contributed by atoms with Gasteiger partial charge in [0.15, 0.2) is 11.5 Å². The van der Waals surface area contributed by atoms with E-state index in [1.165, 1.54) is 7.11 Å². The molecule has 172 valence electrons. The van der Waals surface area contributed by atoms with Crippen molar-refractivity contribution in [3.8, 4) is 11.5 Å². The van der Waals surface area contributed by atoms with E-state index >= 15 is 0 Å². The fourth-order valence-electron chi connectivity index (χ4n) is 3.87. The summed E-state index contributed by atoms with van der Waals surface area (Å²) in [5.74, 6) is 0.861. The summed E-state index contributed by atoms with van der Waals surface area (Å²) in [6, 6.07) is 8.35. The smallest absolute Gasteiger partial charge is 0.322 e. The number of fused-ring (bicyclic) bond motifs is 1. The van der Waals surface area contributed by atoms with Crippen molar-refractivity contribution in [3.05, 3.63) is 52.0 Å². The normalized spacial score (nSPS) is 15.0. The number of halogens is 1. The second-order valence-corrected chi connectivity index (χ2v) is 7.93. The molecule has 1 aliphatic heterocycles. The maximum Gasteiger partial charge on any atom is 0.322 e. The quantitative estimate of drug-likeness (QED) is 0.579. The molecule has 7 nitrogen and oxygen atoms in total. The first-order valence-electron chi connectivity index (χ1n) is 10.7. The second kappa shape index (κ2) is 10.6. The first kappa shape index (κ1) is 23.7. The van der Waals surface area contributed by atoms with E-state index in [0.717, 1.165) is 16.7 Å². The summed E-state index contributed by atoms with van der Waals surface area (Å²) >= 11 is 6.11. The number of benzene rings is 2. The standard InChI is InChI=1S/C24H29ClN2O5/c1-5-31-21-11-16-9-10-27(24(29)26-19-12-17(25)8-7-15(19)3)20(14-23(28)30-4)18(16)13-22(21)32-6-2/h7-8,11-13,20H,5-6,9-10,14H2,1-4H3,(H,26,29). The van der Waals surface area contributed by atoms with Crippen LogP contribution in [0.15, 0.2) is 30.3 Å². The number of nitrogens with one attached hydrogen (secondary N) is 1. The van der Waals surface area contributed by atoms with Crippen LogP contribution in [0, 0.1) is 6.92 Å². The van der Waals surface area contributed by atoms with E-state index in [1.54, 1.807) is 17.0 Å². The molecule has 1 unspecified atom stereocenters. The van der Waals surface area contributed by atoms with Crippen LogP contribution >= 0.6 is 11.6 Å². The van der Waals surface area contributed by atoms with Crippen LogP contribution in [0.1, 0.15) is 43.0 Å². The number of amides is 2.